The standard InChI is InChI=1S/C21H22N4O/c1-14(2)9-11-24-12-10-18-17(21(24)26)13-22-20-19(15(3)23-25(18)20)16-7-5-4-6-8-16/h4-8,10,12-14H,9,11H2,1-3H3. The Hall–Kier alpha value is -2.95. The molecule has 0 fully saturated rings. The number of aromatic nitrogens is 4. The molecule has 0 aliphatic heterocycles. The molecule has 0 saturated carbocycles. The smallest absolute Gasteiger partial charge is 0.261 e. The van der Waals surface area contributed by atoms with Crippen LogP contribution in [0, 0.1) is 12.8 Å². The van der Waals surface area contributed by atoms with Crippen molar-refractivity contribution in [2.45, 2.75) is 33.7 Å². The van der Waals surface area contributed by atoms with Crippen LogP contribution in [0.3, 0.4) is 0 Å². The molecule has 132 valence electrons. The Kier molecular flexibility index (Phi) is 4.07. The zero-order chi connectivity index (χ0) is 18.3. The Morgan fingerprint density at radius 1 is 1.12 bits per heavy atom. The number of fused-ring (bicyclic) bond motifs is 3. The van der Waals surface area contributed by atoms with Crippen molar-refractivity contribution in [2.75, 3.05) is 0 Å². The highest BCUT2D eigenvalue weighted by molar-refractivity contribution is 5.86. The molecule has 0 radical (unpaired) electrons. The summed E-state index contributed by atoms with van der Waals surface area (Å²) in [5.74, 6) is 0.556. The predicted molar refractivity (Wildman–Crippen MR) is 104 cm³/mol. The number of hydrogen-bond donors (Lipinski definition) is 0. The largest absolute Gasteiger partial charge is 0.315 e. The van der Waals surface area contributed by atoms with Gasteiger partial charge in [0.1, 0.15) is 0 Å². The fraction of sp³-hybridized carbons (Fsp3) is 0.286. The Labute approximate surface area is 151 Å². The van der Waals surface area contributed by atoms with Crippen molar-refractivity contribution in [3.63, 3.8) is 0 Å². The van der Waals surface area contributed by atoms with Gasteiger partial charge in [-0.25, -0.2) is 9.50 Å². The molecule has 26 heavy (non-hydrogen) atoms. The van der Waals surface area contributed by atoms with Gasteiger partial charge in [0.2, 0.25) is 0 Å². The SMILES string of the molecule is Cc1nn2c(ncc3c(=O)n(CCC(C)C)ccc32)c1-c1ccccc1. The minimum Gasteiger partial charge on any atom is -0.315 e. The van der Waals surface area contributed by atoms with Crippen LogP contribution < -0.4 is 5.56 Å². The average molecular weight is 346 g/mol. The zero-order valence-corrected chi connectivity index (χ0v) is 15.3. The van der Waals surface area contributed by atoms with Crippen molar-refractivity contribution in [3.8, 4) is 11.1 Å². The first kappa shape index (κ1) is 16.5. The second-order valence-corrected chi connectivity index (χ2v) is 7.12. The van der Waals surface area contributed by atoms with Gasteiger partial charge in [0.25, 0.3) is 5.56 Å². The van der Waals surface area contributed by atoms with Gasteiger partial charge in [-0.15, -0.1) is 0 Å². The normalized spacial score (nSPS) is 11.7. The van der Waals surface area contributed by atoms with Gasteiger partial charge < -0.3 is 4.57 Å². The first-order valence-electron chi connectivity index (χ1n) is 8.99. The summed E-state index contributed by atoms with van der Waals surface area (Å²) in [5.41, 5.74) is 4.56. The highest BCUT2D eigenvalue weighted by Crippen LogP contribution is 2.28. The highest BCUT2D eigenvalue weighted by atomic mass is 16.1. The van der Waals surface area contributed by atoms with Crippen LogP contribution in [-0.4, -0.2) is 19.2 Å². The zero-order valence-electron chi connectivity index (χ0n) is 15.3. The third-order valence-corrected chi connectivity index (χ3v) is 4.77. The molecule has 0 aliphatic carbocycles. The minimum atomic E-state index is -0.00744. The summed E-state index contributed by atoms with van der Waals surface area (Å²) in [6.07, 6.45) is 4.53. The van der Waals surface area contributed by atoms with Gasteiger partial charge in [-0.05, 0) is 30.9 Å². The van der Waals surface area contributed by atoms with Crippen LogP contribution in [-0.2, 0) is 6.54 Å². The monoisotopic (exact) mass is 346 g/mol. The lowest BCUT2D eigenvalue weighted by Crippen LogP contribution is -2.21. The Morgan fingerprint density at radius 2 is 1.88 bits per heavy atom. The van der Waals surface area contributed by atoms with E-state index >= 15 is 0 Å². The van der Waals surface area contributed by atoms with E-state index in [1.807, 2.05) is 37.4 Å². The van der Waals surface area contributed by atoms with Gasteiger partial charge in [0, 0.05) is 24.5 Å². The van der Waals surface area contributed by atoms with Gasteiger partial charge in [0.05, 0.1) is 16.6 Å². The third-order valence-electron chi connectivity index (χ3n) is 4.77. The van der Waals surface area contributed by atoms with Gasteiger partial charge in [-0.2, -0.15) is 5.10 Å². The van der Waals surface area contributed by atoms with Gasteiger partial charge >= 0.3 is 0 Å². The molecule has 0 N–H and O–H groups in total. The predicted octanol–water partition coefficient (Wildman–Crippen LogP) is 4.07. The lowest BCUT2D eigenvalue weighted by molar-refractivity contribution is 0.509. The van der Waals surface area contributed by atoms with Crippen molar-refractivity contribution < 1.29 is 0 Å². The first-order valence-corrected chi connectivity index (χ1v) is 8.99. The van der Waals surface area contributed by atoms with E-state index in [4.69, 9.17) is 0 Å². The van der Waals surface area contributed by atoms with E-state index in [-0.39, 0.29) is 5.56 Å². The molecule has 0 spiro atoms. The molecular weight excluding hydrogens is 324 g/mol. The lowest BCUT2D eigenvalue weighted by Gasteiger charge is -2.09. The summed E-state index contributed by atoms with van der Waals surface area (Å²) < 4.78 is 3.56. The maximum absolute atomic E-state index is 12.8. The summed E-state index contributed by atoms with van der Waals surface area (Å²) in [7, 11) is 0. The van der Waals surface area contributed by atoms with Crippen LogP contribution in [0.2, 0.25) is 0 Å². The number of aryl methyl sites for hydroxylation is 2. The number of hydrogen-bond acceptors (Lipinski definition) is 3. The van der Waals surface area contributed by atoms with Gasteiger partial charge in [-0.3, -0.25) is 4.79 Å². The van der Waals surface area contributed by atoms with E-state index in [0.29, 0.717) is 11.3 Å². The van der Waals surface area contributed by atoms with Gasteiger partial charge in [-0.1, -0.05) is 44.2 Å². The summed E-state index contributed by atoms with van der Waals surface area (Å²) in [6, 6.07) is 12.1. The number of pyridine rings is 1. The van der Waals surface area contributed by atoms with E-state index in [1.54, 1.807) is 15.3 Å². The van der Waals surface area contributed by atoms with Crippen LogP contribution in [0.4, 0.5) is 0 Å². The summed E-state index contributed by atoms with van der Waals surface area (Å²) >= 11 is 0. The van der Waals surface area contributed by atoms with Crippen molar-refractivity contribution in [1.82, 2.24) is 19.2 Å². The molecule has 0 amide bonds. The molecule has 1 aromatic carbocycles. The molecule has 0 unspecified atom stereocenters. The molecule has 3 aromatic heterocycles. The van der Waals surface area contributed by atoms with Crippen LogP contribution in [0.25, 0.3) is 27.7 Å². The Bertz CT molecular complexity index is 1140. The lowest BCUT2D eigenvalue weighted by atomic mass is 10.1. The fourth-order valence-electron chi connectivity index (χ4n) is 3.33. The number of benzene rings is 1. The minimum absolute atomic E-state index is 0.00744. The molecule has 0 atom stereocenters. The second-order valence-electron chi connectivity index (χ2n) is 7.12. The van der Waals surface area contributed by atoms with Gasteiger partial charge in [0.15, 0.2) is 5.65 Å². The summed E-state index contributed by atoms with van der Waals surface area (Å²) in [6.45, 7) is 7.02. The molecule has 0 saturated heterocycles. The number of nitrogens with zero attached hydrogens (tertiary/aromatic N) is 4. The van der Waals surface area contributed by atoms with Crippen LogP contribution >= 0.6 is 0 Å². The molecule has 4 rings (SSSR count). The summed E-state index contributed by atoms with van der Waals surface area (Å²) in [4.78, 5) is 17.4. The van der Waals surface area contributed by atoms with Crippen molar-refractivity contribution >= 4 is 16.6 Å². The van der Waals surface area contributed by atoms with Crippen molar-refractivity contribution in [1.29, 1.82) is 0 Å². The molecular formula is C21H22N4O. The van der Waals surface area contributed by atoms with E-state index in [2.05, 4.69) is 36.1 Å². The molecule has 0 aliphatic rings. The highest BCUT2D eigenvalue weighted by Gasteiger charge is 2.16. The quantitative estimate of drug-likeness (QED) is 0.560. The van der Waals surface area contributed by atoms with E-state index in [0.717, 1.165) is 41.0 Å². The van der Waals surface area contributed by atoms with E-state index < -0.39 is 0 Å². The topological polar surface area (TPSA) is 52.2 Å². The Balaban J connectivity index is 1.92. The van der Waals surface area contributed by atoms with Crippen molar-refractivity contribution in [3.05, 3.63) is 64.8 Å². The molecule has 0 bridgehead atoms. The second kappa shape index (κ2) is 6.41. The molecule has 5 heteroatoms. The van der Waals surface area contributed by atoms with Crippen molar-refractivity contribution in [2.24, 2.45) is 5.92 Å². The molecule has 5 nitrogen and oxygen atoms in total. The first-order chi connectivity index (χ1) is 12.6. The third kappa shape index (κ3) is 2.69. The number of rotatable bonds is 4. The Morgan fingerprint density at radius 3 is 2.62 bits per heavy atom. The van der Waals surface area contributed by atoms with E-state index in [9.17, 15) is 4.79 Å². The van der Waals surface area contributed by atoms with Crippen LogP contribution in [0.1, 0.15) is 26.0 Å². The van der Waals surface area contributed by atoms with Crippen LogP contribution in [0.5, 0.6) is 0 Å². The van der Waals surface area contributed by atoms with E-state index in [1.165, 1.54) is 0 Å². The van der Waals surface area contributed by atoms with Crippen LogP contribution in [0.15, 0.2) is 53.6 Å². The molecule has 4 aromatic rings. The average Bonchev–Trinajstić information content (AvgIpc) is 2.98. The molecule has 3 heterocycles. The maximum Gasteiger partial charge on any atom is 0.261 e. The summed E-state index contributed by atoms with van der Waals surface area (Å²) in [5, 5.41) is 5.27. The maximum atomic E-state index is 12.8. The fourth-order valence-corrected chi connectivity index (χ4v) is 3.33.